The van der Waals surface area contributed by atoms with Gasteiger partial charge in [-0.05, 0) is 117 Å². The molecule has 2 saturated heterocycles. The average molecular weight is 875 g/mol. The fraction of sp³-hybridized carbons (Fsp3) is 0.469. The van der Waals surface area contributed by atoms with E-state index in [2.05, 4.69) is 65.5 Å². The van der Waals surface area contributed by atoms with Crippen LogP contribution in [0.5, 0.6) is 0 Å². The molecule has 2 unspecified atom stereocenters. The first-order chi connectivity index (χ1) is 29.8. The minimum atomic E-state index is -4.75. The number of likely N-dealkylation sites (tertiary alicyclic amines) is 2. The lowest BCUT2D eigenvalue weighted by Crippen LogP contribution is -2.50. The van der Waals surface area contributed by atoms with E-state index in [4.69, 9.17) is 0 Å². The third-order valence-corrected chi connectivity index (χ3v) is 13.2. The molecule has 2 aliphatic heterocycles. The largest absolute Gasteiger partial charge is 0.416 e. The van der Waals surface area contributed by atoms with Crippen LogP contribution in [0.2, 0.25) is 0 Å². The van der Waals surface area contributed by atoms with Crippen LogP contribution in [-0.2, 0) is 19.3 Å². The molecule has 4 aromatic carbocycles. The highest BCUT2D eigenvalue weighted by Crippen LogP contribution is 2.33. The standard InChI is InChI=1S/C49H62F4N6O2S/c1-5-6-22-56-23-18-44(19-24-56)59(48(61)55-43-30-40(49(51,52)53)29-41(50)31-43)34-38-14-10-15-39(28-38)35(2)27-36(3)57-25-20-45(21-26-57)58(33-37-12-8-7-9-13-37)47(60)54-42-16-11-17-46(32-42)62-4/h7-17,28-32,35-36,44-45H,5-6,18-27,33-34H2,1-4H3,(H,54,60)(H,55,61). The molecule has 4 amide bonds. The summed E-state index contributed by atoms with van der Waals surface area (Å²) in [6, 6.07) is 28.1. The van der Waals surface area contributed by atoms with Gasteiger partial charge in [-0.25, -0.2) is 14.0 Å². The second-order valence-electron chi connectivity index (χ2n) is 17.0. The second-order valence-corrected chi connectivity index (χ2v) is 17.9. The summed E-state index contributed by atoms with van der Waals surface area (Å²) in [5.74, 6) is -0.857. The van der Waals surface area contributed by atoms with E-state index in [0.717, 1.165) is 117 Å². The number of thioether (sulfide) groups is 1. The predicted octanol–water partition coefficient (Wildman–Crippen LogP) is 11.9. The lowest BCUT2D eigenvalue weighted by atomic mass is 9.91. The molecule has 2 heterocycles. The zero-order valence-corrected chi connectivity index (χ0v) is 37.3. The number of nitrogens with one attached hydrogen (secondary N) is 2. The number of amides is 4. The lowest BCUT2D eigenvalue weighted by molar-refractivity contribution is -0.137. The number of urea groups is 2. The molecule has 0 aliphatic carbocycles. The molecule has 0 aromatic heterocycles. The van der Waals surface area contributed by atoms with Gasteiger partial charge in [-0.2, -0.15) is 13.2 Å². The summed E-state index contributed by atoms with van der Waals surface area (Å²) >= 11 is 1.64. The van der Waals surface area contributed by atoms with Crippen molar-refractivity contribution in [2.75, 3.05) is 49.6 Å². The molecule has 2 atom stereocenters. The number of benzene rings is 4. The molecule has 8 nitrogen and oxygen atoms in total. The fourth-order valence-electron chi connectivity index (χ4n) is 8.90. The van der Waals surface area contributed by atoms with Crippen LogP contribution >= 0.6 is 11.8 Å². The predicted molar refractivity (Wildman–Crippen MR) is 243 cm³/mol. The molecule has 2 aliphatic rings. The number of hydrogen-bond donors (Lipinski definition) is 2. The number of carbonyl (C=O) groups is 2. The van der Waals surface area contributed by atoms with E-state index in [0.29, 0.717) is 12.6 Å². The number of anilines is 2. The van der Waals surface area contributed by atoms with Crippen molar-refractivity contribution in [1.82, 2.24) is 19.6 Å². The molecular weight excluding hydrogens is 813 g/mol. The number of carbonyl (C=O) groups excluding carboxylic acids is 2. The number of alkyl halides is 3. The highest BCUT2D eigenvalue weighted by Gasteiger charge is 2.34. The summed E-state index contributed by atoms with van der Waals surface area (Å²) in [6.07, 6.45) is 3.57. The Hall–Kier alpha value is -4.59. The summed E-state index contributed by atoms with van der Waals surface area (Å²) in [4.78, 5) is 37.5. The average Bonchev–Trinajstić information content (AvgIpc) is 3.27. The van der Waals surface area contributed by atoms with E-state index in [-0.39, 0.29) is 42.3 Å². The van der Waals surface area contributed by atoms with Crippen molar-refractivity contribution in [2.45, 2.75) is 114 Å². The fourth-order valence-corrected chi connectivity index (χ4v) is 9.36. The Balaban J connectivity index is 1.10. The Morgan fingerprint density at radius 2 is 1.37 bits per heavy atom. The summed E-state index contributed by atoms with van der Waals surface area (Å²) < 4.78 is 55.0. The molecule has 2 fully saturated rings. The molecule has 4 aromatic rings. The van der Waals surface area contributed by atoms with Crippen LogP contribution in [0.1, 0.15) is 93.9 Å². The van der Waals surface area contributed by atoms with Crippen molar-refractivity contribution in [2.24, 2.45) is 0 Å². The minimum absolute atomic E-state index is 0.0906. The molecule has 0 saturated carbocycles. The molecule has 0 spiro atoms. The SMILES string of the molecule is CCCCN1CCC(N(Cc2cccc(C(C)CC(C)N3CCC(N(Cc4ccccc4)C(=O)Nc4cccc(SC)c4)CC3)c2)C(=O)Nc2cc(F)cc(C(F)(F)F)c2)CC1. The van der Waals surface area contributed by atoms with Gasteiger partial charge in [-0.3, -0.25) is 0 Å². The summed E-state index contributed by atoms with van der Waals surface area (Å²) in [6.45, 7) is 11.8. The summed E-state index contributed by atoms with van der Waals surface area (Å²) in [5, 5.41) is 5.77. The molecule has 0 radical (unpaired) electrons. The number of nitrogens with zero attached hydrogens (tertiary/aromatic N) is 4. The van der Waals surface area contributed by atoms with E-state index in [9.17, 15) is 27.2 Å². The number of rotatable bonds is 16. The van der Waals surface area contributed by atoms with Crippen molar-refractivity contribution < 1.29 is 27.2 Å². The van der Waals surface area contributed by atoms with Gasteiger partial charge in [0, 0.05) is 73.7 Å². The monoisotopic (exact) mass is 874 g/mol. The molecule has 13 heteroatoms. The van der Waals surface area contributed by atoms with Crippen molar-refractivity contribution in [3.05, 3.63) is 125 Å². The normalized spacial score (nSPS) is 16.7. The van der Waals surface area contributed by atoms with Crippen LogP contribution in [0.25, 0.3) is 0 Å². The highest BCUT2D eigenvalue weighted by molar-refractivity contribution is 7.98. The molecule has 0 bridgehead atoms. The van der Waals surface area contributed by atoms with Crippen LogP contribution in [0, 0.1) is 5.82 Å². The molecule has 62 heavy (non-hydrogen) atoms. The van der Waals surface area contributed by atoms with Crippen LogP contribution in [0.15, 0.2) is 102 Å². The summed E-state index contributed by atoms with van der Waals surface area (Å²) in [7, 11) is 0. The zero-order valence-electron chi connectivity index (χ0n) is 36.5. The van der Waals surface area contributed by atoms with Gasteiger partial charge in [-0.15, -0.1) is 11.8 Å². The maximum Gasteiger partial charge on any atom is 0.416 e. The Kier molecular flexibility index (Phi) is 16.8. The van der Waals surface area contributed by atoms with E-state index >= 15 is 0 Å². The smallest absolute Gasteiger partial charge is 0.317 e. The first-order valence-electron chi connectivity index (χ1n) is 22.1. The molecular formula is C49H62F4N6O2S. The van der Waals surface area contributed by atoms with Crippen molar-refractivity contribution >= 4 is 35.2 Å². The first kappa shape index (κ1) is 46.9. The number of hydrogen-bond acceptors (Lipinski definition) is 5. The van der Waals surface area contributed by atoms with Crippen molar-refractivity contribution in [3.8, 4) is 0 Å². The van der Waals surface area contributed by atoms with Gasteiger partial charge in [0.15, 0.2) is 0 Å². The van der Waals surface area contributed by atoms with Crippen LogP contribution < -0.4 is 10.6 Å². The van der Waals surface area contributed by atoms with E-state index in [1.54, 1.807) is 16.7 Å². The number of halogens is 4. The Morgan fingerprint density at radius 1 is 0.758 bits per heavy atom. The van der Waals surface area contributed by atoms with Crippen LogP contribution in [0.4, 0.5) is 38.5 Å². The maximum atomic E-state index is 14.3. The number of piperidine rings is 2. The van der Waals surface area contributed by atoms with Crippen LogP contribution in [0.3, 0.4) is 0 Å². The summed E-state index contributed by atoms with van der Waals surface area (Å²) in [5.41, 5.74) is 2.58. The third kappa shape index (κ3) is 13.2. The Morgan fingerprint density at radius 3 is 2.02 bits per heavy atom. The molecule has 2 N–H and O–H groups in total. The first-order valence-corrected chi connectivity index (χ1v) is 23.3. The van der Waals surface area contributed by atoms with Gasteiger partial charge in [0.25, 0.3) is 0 Å². The van der Waals surface area contributed by atoms with E-state index < -0.39 is 23.6 Å². The van der Waals surface area contributed by atoms with Crippen molar-refractivity contribution in [3.63, 3.8) is 0 Å². The zero-order chi connectivity index (χ0) is 44.2. The number of unbranched alkanes of at least 4 members (excludes halogenated alkanes) is 1. The van der Waals surface area contributed by atoms with Gasteiger partial charge in [-0.1, -0.05) is 80.9 Å². The molecule has 6 rings (SSSR count). The van der Waals surface area contributed by atoms with Gasteiger partial charge in [0.05, 0.1) is 5.56 Å². The maximum absolute atomic E-state index is 14.3. The Bertz CT molecular complexity index is 2060. The third-order valence-electron chi connectivity index (χ3n) is 12.5. The van der Waals surface area contributed by atoms with Gasteiger partial charge >= 0.3 is 18.2 Å². The van der Waals surface area contributed by atoms with E-state index in [1.807, 2.05) is 65.8 Å². The second kappa shape index (κ2) is 22.2. The van der Waals surface area contributed by atoms with Gasteiger partial charge in [0.1, 0.15) is 5.82 Å². The van der Waals surface area contributed by atoms with Crippen molar-refractivity contribution in [1.29, 1.82) is 0 Å². The van der Waals surface area contributed by atoms with Gasteiger partial charge < -0.3 is 30.2 Å². The Labute approximate surface area is 369 Å². The van der Waals surface area contributed by atoms with Crippen LogP contribution in [-0.4, -0.2) is 88.8 Å². The minimum Gasteiger partial charge on any atom is -0.317 e. The van der Waals surface area contributed by atoms with Gasteiger partial charge in [0.2, 0.25) is 0 Å². The topological polar surface area (TPSA) is 71.2 Å². The lowest BCUT2D eigenvalue weighted by Gasteiger charge is -2.41. The van der Waals surface area contributed by atoms with E-state index in [1.165, 1.54) is 0 Å². The molecule has 334 valence electrons. The quantitative estimate of drug-likeness (QED) is 0.0867. The highest BCUT2D eigenvalue weighted by atomic mass is 32.2.